The number of likely N-dealkylation sites (N-methyl/N-ethyl adjacent to an activating group) is 1. The van der Waals surface area contributed by atoms with Gasteiger partial charge in [-0.1, -0.05) is 48.3 Å². The quantitative estimate of drug-likeness (QED) is 0.508. The van der Waals surface area contributed by atoms with E-state index in [4.69, 9.17) is 23.2 Å². The van der Waals surface area contributed by atoms with Gasteiger partial charge < -0.3 is 10.2 Å². The second-order valence-electron chi connectivity index (χ2n) is 7.51. The van der Waals surface area contributed by atoms with Gasteiger partial charge in [0.2, 0.25) is 11.8 Å². The van der Waals surface area contributed by atoms with Crippen molar-refractivity contribution in [3.8, 4) is 0 Å². The molecule has 0 saturated heterocycles. The molecule has 0 heterocycles. The molecule has 0 fully saturated rings. The maximum atomic E-state index is 14.6. The lowest BCUT2D eigenvalue weighted by Crippen LogP contribution is -2.53. The Morgan fingerprint density at radius 1 is 1.06 bits per heavy atom. The fraction of sp³-hybridized carbons (Fsp3) is 0.364. The first-order chi connectivity index (χ1) is 15.9. The van der Waals surface area contributed by atoms with Gasteiger partial charge in [-0.25, -0.2) is 8.70 Å². The largest absolute Gasteiger partial charge is 0.357 e. The molecular formula is C22H27Cl2FN4O4S. The summed E-state index contributed by atoms with van der Waals surface area (Å²) >= 11 is 12.6. The summed E-state index contributed by atoms with van der Waals surface area (Å²) in [5, 5.41) is 3.07. The first-order valence-corrected chi connectivity index (χ1v) is 12.5. The Balaban J connectivity index is 2.57. The molecule has 34 heavy (non-hydrogen) atoms. The van der Waals surface area contributed by atoms with Crippen LogP contribution in [0.25, 0.3) is 0 Å². The van der Waals surface area contributed by atoms with Crippen LogP contribution in [0, 0.1) is 5.82 Å². The fourth-order valence-electron chi connectivity index (χ4n) is 3.30. The van der Waals surface area contributed by atoms with Crippen molar-refractivity contribution >= 4 is 50.9 Å². The summed E-state index contributed by atoms with van der Waals surface area (Å²) in [6, 6.07) is 9.10. The number of nitrogens with zero attached hydrogens (tertiary/aromatic N) is 3. The first kappa shape index (κ1) is 27.8. The molecule has 0 unspecified atom stereocenters. The van der Waals surface area contributed by atoms with Crippen molar-refractivity contribution in [2.45, 2.75) is 25.9 Å². The number of rotatable bonds is 10. The van der Waals surface area contributed by atoms with Gasteiger partial charge in [-0.05, 0) is 30.7 Å². The van der Waals surface area contributed by atoms with Crippen molar-refractivity contribution in [1.82, 2.24) is 14.5 Å². The molecule has 1 atom stereocenters. The highest BCUT2D eigenvalue weighted by Gasteiger charge is 2.34. The molecule has 8 nitrogen and oxygen atoms in total. The predicted octanol–water partition coefficient (Wildman–Crippen LogP) is 3.30. The summed E-state index contributed by atoms with van der Waals surface area (Å²) in [7, 11) is -0.291. The third-order valence-electron chi connectivity index (χ3n) is 5.16. The first-order valence-electron chi connectivity index (χ1n) is 10.3. The smallest absolute Gasteiger partial charge is 0.304 e. The number of carbonyl (C=O) groups is 2. The van der Waals surface area contributed by atoms with E-state index in [0.717, 1.165) is 10.4 Å². The Hall–Kier alpha value is -2.40. The van der Waals surface area contributed by atoms with Gasteiger partial charge in [0, 0.05) is 43.3 Å². The summed E-state index contributed by atoms with van der Waals surface area (Å²) in [5.74, 6) is -2.01. The number of benzene rings is 2. The average Bonchev–Trinajstić information content (AvgIpc) is 2.79. The van der Waals surface area contributed by atoms with Gasteiger partial charge in [-0.3, -0.25) is 9.59 Å². The molecule has 0 saturated carbocycles. The van der Waals surface area contributed by atoms with E-state index >= 15 is 0 Å². The second-order valence-corrected chi connectivity index (χ2v) is 10.4. The fourth-order valence-corrected chi connectivity index (χ4v) is 4.88. The molecule has 0 aliphatic rings. The molecule has 2 amide bonds. The summed E-state index contributed by atoms with van der Waals surface area (Å²) in [4.78, 5) is 27.4. The molecule has 0 aromatic heterocycles. The predicted molar refractivity (Wildman–Crippen MR) is 132 cm³/mol. The maximum Gasteiger partial charge on any atom is 0.304 e. The SMILES string of the molecule is CC[C@H](C(=O)NC)N(Cc1c(Cl)cccc1Cl)C(=O)CN(c1ccccc1F)S(=O)(=O)N(C)C. The van der Waals surface area contributed by atoms with Crippen LogP contribution in [0.4, 0.5) is 10.1 Å². The Kier molecular flexibility index (Phi) is 9.69. The van der Waals surface area contributed by atoms with E-state index in [9.17, 15) is 22.4 Å². The lowest BCUT2D eigenvalue weighted by atomic mass is 10.1. The normalized spacial score (nSPS) is 12.4. The molecule has 12 heteroatoms. The molecule has 0 bridgehead atoms. The van der Waals surface area contributed by atoms with Gasteiger partial charge in [-0.2, -0.15) is 12.7 Å². The van der Waals surface area contributed by atoms with Crippen LogP contribution in [-0.2, 0) is 26.3 Å². The van der Waals surface area contributed by atoms with Crippen molar-refractivity contribution in [1.29, 1.82) is 0 Å². The number of halogens is 3. The van der Waals surface area contributed by atoms with Gasteiger partial charge in [0.25, 0.3) is 0 Å². The number of carbonyl (C=O) groups excluding carboxylic acids is 2. The van der Waals surface area contributed by atoms with Gasteiger partial charge >= 0.3 is 10.2 Å². The highest BCUT2D eigenvalue weighted by molar-refractivity contribution is 7.90. The van der Waals surface area contributed by atoms with E-state index in [1.54, 1.807) is 25.1 Å². The minimum Gasteiger partial charge on any atom is -0.357 e. The second kappa shape index (κ2) is 11.8. The van der Waals surface area contributed by atoms with Crippen molar-refractivity contribution in [2.24, 2.45) is 0 Å². The minimum absolute atomic E-state index is 0.156. The van der Waals surface area contributed by atoms with Crippen LogP contribution in [0.5, 0.6) is 0 Å². The van der Waals surface area contributed by atoms with E-state index < -0.39 is 40.4 Å². The van der Waals surface area contributed by atoms with E-state index in [1.165, 1.54) is 44.2 Å². The molecule has 1 N–H and O–H groups in total. The lowest BCUT2D eigenvalue weighted by molar-refractivity contribution is -0.140. The molecule has 0 spiro atoms. The van der Waals surface area contributed by atoms with E-state index in [2.05, 4.69) is 5.32 Å². The molecule has 2 aromatic carbocycles. The Morgan fingerprint density at radius 2 is 1.65 bits per heavy atom. The van der Waals surface area contributed by atoms with Crippen LogP contribution in [0.15, 0.2) is 42.5 Å². The highest BCUT2D eigenvalue weighted by atomic mass is 35.5. The number of nitrogens with one attached hydrogen (secondary N) is 1. The van der Waals surface area contributed by atoms with Gasteiger partial charge in [0.15, 0.2) is 0 Å². The topological polar surface area (TPSA) is 90.0 Å². The Morgan fingerprint density at radius 3 is 2.15 bits per heavy atom. The maximum absolute atomic E-state index is 14.6. The lowest BCUT2D eigenvalue weighted by Gasteiger charge is -2.34. The van der Waals surface area contributed by atoms with Crippen LogP contribution in [0.1, 0.15) is 18.9 Å². The number of amides is 2. The number of hydrogen-bond donors (Lipinski definition) is 1. The van der Waals surface area contributed by atoms with E-state index in [-0.39, 0.29) is 28.7 Å². The minimum atomic E-state index is -4.26. The van der Waals surface area contributed by atoms with Crippen LogP contribution < -0.4 is 9.62 Å². The average molecular weight is 533 g/mol. The molecule has 2 aromatic rings. The van der Waals surface area contributed by atoms with E-state index in [0.29, 0.717) is 9.87 Å². The van der Waals surface area contributed by atoms with Crippen LogP contribution in [0.2, 0.25) is 10.0 Å². The number of para-hydroxylation sites is 1. The van der Waals surface area contributed by atoms with Crippen LogP contribution in [-0.4, -0.2) is 63.2 Å². The van der Waals surface area contributed by atoms with Crippen molar-refractivity contribution in [3.63, 3.8) is 0 Å². The summed E-state index contributed by atoms with van der Waals surface area (Å²) in [5.41, 5.74) is 0.0997. The third kappa shape index (κ3) is 6.18. The molecule has 2 rings (SSSR count). The number of hydrogen-bond acceptors (Lipinski definition) is 4. The summed E-state index contributed by atoms with van der Waals surface area (Å²) in [6.45, 7) is 0.799. The zero-order valence-corrected chi connectivity index (χ0v) is 21.6. The molecule has 0 aliphatic heterocycles. The van der Waals surface area contributed by atoms with Crippen LogP contribution in [0.3, 0.4) is 0 Å². The van der Waals surface area contributed by atoms with Crippen LogP contribution >= 0.6 is 23.2 Å². The third-order valence-corrected chi connectivity index (χ3v) is 7.68. The monoisotopic (exact) mass is 532 g/mol. The van der Waals surface area contributed by atoms with Gasteiger partial charge in [-0.15, -0.1) is 0 Å². The van der Waals surface area contributed by atoms with Crippen molar-refractivity contribution in [3.05, 3.63) is 63.9 Å². The zero-order valence-electron chi connectivity index (χ0n) is 19.3. The Bertz CT molecular complexity index is 1130. The molecule has 186 valence electrons. The summed E-state index contributed by atoms with van der Waals surface area (Å²) in [6.07, 6.45) is 0.230. The van der Waals surface area contributed by atoms with Crippen molar-refractivity contribution in [2.75, 3.05) is 32.0 Å². The van der Waals surface area contributed by atoms with Gasteiger partial charge in [0.05, 0.1) is 5.69 Å². The highest BCUT2D eigenvalue weighted by Crippen LogP contribution is 2.28. The van der Waals surface area contributed by atoms with Crippen molar-refractivity contribution < 1.29 is 22.4 Å². The summed E-state index contributed by atoms with van der Waals surface area (Å²) < 4.78 is 42.2. The van der Waals surface area contributed by atoms with E-state index in [1.807, 2.05) is 0 Å². The standard InChI is InChI=1S/C22H27Cl2FN4O4S/c1-5-19(22(31)26-2)28(13-15-16(23)9-8-10-17(15)24)21(30)14-29(34(32,33)27(3)4)20-12-7-6-11-18(20)25/h6-12,19H,5,13-14H2,1-4H3,(H,26,31)/t19-/m1/s1. The zero-order chi connectivity index (χ0) is 25.6. The number of anilines is 1. The molecule has 0 radical (unpaired) electrons. The molecule has 0 aliphatic carbocycles. The van der Waals surface area contributed by atoms with Gasteiger partial charge in [0.1, 0.15) is 18.4 Å². The molecular weight excluding hydrogens is 506 g/mol. The Labute approximate surface area is 209 Å².